The summed E-state index contributed by atoms with van der Waals surface area (Å²) in [6, 6.07) is 11.4. The fourth-order valence-electron chi connectivity index (χ4n) is 3.29. The molecule has 1 N–H and O–H groups in total. The number of fused-ring (bicyclic) bond motifs is 1. The third-order valence-electron chi connectivity index (χ3n) is 4.87. The van der Waals surface area contributed by atoms with Gasteiger partial charge in [-0.3, -0.25) is 14.3 Å². The van der Waals surface area contributed by atoms with Gasteiger partial charge in [0.25, 0.3) is 5.91 Å². The van der Waals surface area contributed by atoms with E-state index in [9.17, 15) is 14.0 Å². The van der Waals surface area contributed by atoms with Crippen LogP contribution in [-0.2, 0) is 16.1 Å². The Kier molecular flexibility index (Phi) is 6.15. The first-order valence-electron chi connectivity index (χ1n) is 9.57. The number of esters is 1. The Morgan fingerprint density at radius 1 is 1.26 bits per heavy atom. The standard InChI is InChI=1S/C22H20FN3O3S2/c1-13-16-10-19(21(28)24-17(11-20(27)29-2)18-4-3-9-30-18)31-22(16)26(25-13)12-14-5-7-15(23)8-6-14/h3-10,17H,11-12H2,1-2H3,(H,24,28). The first-order valence-corrected chi connectivity index (χ1v) is 11.3. The molecule has 4 aromatic rings. The molecule has 0 aliphatic heterocycles. The van der Waals surface area contributed by atoms with Crippen molar-refractivity contribution in [2.75, 3.05) is 7.11 Å². The van der Waals surface area contributed by atoms with Crippen molar-refractivity contribution in [3.63, 3.8) is 0 Å². The number of aromatic nitrogens is 2. The van der Waals surface area contributed by atoms with Crippen molar-refractivity contribution in [1.82, 2.24) is 15.1 Å². The number of amides is 1. The van der Waals surface area contributed by atoms with E-state index in [1.807, 2.05) is 35.2 Å². The van der Waals surface area contributed by atoms with Crippen molar-refractivity contribution in [3.8, 4) is 0 Å². The summed E-state index contributed by atoms with van der Waals surface area (Å²) >= 11 is 2.82. The predicted octanol–water partition coefficient (Wildman–Crippen LogP) is 4.69. The highest BCUT2D eigenvalue weighted by Crippen LogP contribution is 2.30. The molecule has 0 spiro atoms. The van der Waals surface area contributed by atoms with Crippen LogP contribution in [-0.4, -0.2) is 28.8 Å². The van der Waals surface area contributed by atoms with Crippen molar-refractivity contribution < 1.29 is 18.7 Å². The van der Waals surface area contributed by atoms with E-state index in [2.05, 4.69) is 10.4 Å². The van der Waals surface area contributed by atoms with Crippen molar-refractivity contribution in [2.24, 2.45) is 0 Å². The van der Waals surface area contributed by atoms with Crippen LogP contribution in [0.3, 0.4) is 0 Å². The number of ether oxygens (including phenoxy) is 1. The number of benzene rings is 1. The highest BCUT2D eigenvalue weighted by molar-refractivity contribution is 7.20. The Morgan fingerprint density at radius 3 is 2.71 bits per heavy atom. The van der Waals surface area contributed by atoms with Gasteiger partial charge in [0.2, 0.25) is 0 Å². The van der Waals surface area contributed by atoms with Gasteiger partial charge < -0.3 is 10.1 Å². The van der Waals surface area contributed by atoms with E-state index in [-0.39, 0.29) is 24.1 Å². The Morgan fingerprint density at radius 2 is 2.03 bits per heavy atom. The van der Waals surface area contributed by atoms with Gasteiger partial charge in [0.15, 0.2) is 0 Å². The summed E-state index contributed by atoms with van der Waals surface area (Å²) in [5, 5.41) is 10.3. The van der Waals surface area contributed by atoms with Crippen LogP contribution in [0.1, 0.15) is 38.3 Å². The number of methoxy groups -OCH3 is 1. The van der Waals surface area contributed by atoms with Gasteiger partial charge in [0.05, 0.1) is 36.7 Å². The zero-order valence-electron chi connectivity index (χ0n) is 16.9. The fourth-order valence-corrected chi connectivity index (χ4v) is 5.13. The van der Waals surface area contributed by atoms with Crippen molar-refractivity contribution in [2.45, 2.75) is 25.9 Å². The summed E-state index contributed by atoms with van der Waals surface area (Å²) in [5.74, 6) is -0.926. The molecule has 9 heteroatoms. The number of nitrogens with zero attached hydrogens (tertiary/aromatic N) is 2. The van der Waals surface area contributed by atoms with E-state index in [1.54, 1.807) is 12.1 Å². The molecule has 1 aromatic carbocycles. The lowest BCUT2D eigenvalue weighted by molar-refractivity contribution is -0.141. The smallest absolute Gasteiger partial charge is 0.307 e. The first kappa shape index (κ1) is 21.2. The zero-order chi connectivity index (χ0) is 22.0. The zero-order valence-corrected chi connectivity index (χ0v) is 18.6. The van der Waals surface area contributed by atoms with Crippen molar-refractivity contribution in [3.05, 3.63) is 74.7 Å². The third-order valence-corrected chi connectivity index (χ3v) is 7.00. The molecule has 0 radical (unpaired) electrons. The molecule has 1 unspecified atom stereocenters. The topological polar surface area (TPSA) is 73.2 Å². The largest absolute Gasteiger partial charge is 0.469 e. The normalized spacial score (nSPS) is 12.1. The molecular weight excluding hydrogens is 437 g/mol. The van der Waals surface area contributed by atoms with E-state index in [4.69, 9.17) is 4.74 Å². The molecule has 0 aliphatic carbocycles. The molecule has 0 fully saturated rings. The minimum atomic E-state index is -0.457. The summed E-state index contributed by atoms with van der Waals surface area (Å²) in [6.45, 7) is 2.37. The second kappa shape index (κ2) is 8.99. The molecular formula is C22H20FN3O3S2. The van der Waals surface area contributed by atoms with E-state index in [1.165, 1.54) is 41.9 Å². The van der Waals surface area contributed by atoms with Gasteiger partial charge in [-0.05, 0) is 42.1 Å². The number of halogens is 1. The quantitative estimate of drug-likeness (QED) is 0.409. The molecule has 1 amide bonds. The minimum Gasteiger partial charge on any atom is -0.469 e. The van der Waals surface area contributed by atoms with Crippen LogP contribution in [0.15, 0.2) is 47.8 Å². The summed E-state index contributed by atoms with van der Waals surface area (Å²) in [6.07, 6.45) is 0.0605. The van der Waals surface area contributed by atoms with Gasteiger partial charge in [-0.15, -0.1) is 22.7 Å². The molecule has 6 nitrogen and oxygen atoms in total. The summed E-state index contributed by atoms with van der Waals surface area (Å²) in [4.78, 5) is 27.1. The Balaban J connectivity index is 1.58. The van der Waals surface area contributed by atoms with Crippen LogP contribution in [0.25, 0.3) is 10.2 Å². The lowest BCUT2D eigenvalue weighted by atomic mass is 10.1. The molecule has 1 atom stereocenters. The number of hydrogen-bond donors (Lipinski definition) is 1. The number of nitrogens with one attached hydrogen (secondary N) is 1. The van der Waals surface area contributed by atoms with Crippen molar-refractivity contribution in [1.29, 1.82) is 0 Å². The van der Waals surface area contributed by atoms with Gasteiger partial charge >= 0.3 is 5.97 Å². The molecule has 0 saturated carbocycles. The average Bonchev–Trinajstić information content (AvgIpc) is 3.48. The highest BCUT2D eigenvalue weighted by atomic mass is 32.1. The van der Waals surface area contributed by atoms with Gasteiger partial charge in [-0.2, -0.15) is 5.10 Å². The van der Waals surface area contributed by atoms with Gasteiger partial charge in [-0.1, -0.05) is 18.2 Å². The minimum absolute atomic E-state index is 0.0605. The number of rotatable bonds is 7. The molecule has 0 saturated heterocycles. The third kappa shape index (κ3) is 4.67. The highest BCUT2D eigenvalue weighted by Gasteiger charge is 2.23. The Bertz CT molecular complexity index is 1210. The summed E-state index contributed by atoms with van der Waals surface area (Å²) < 4.78 is 19.8. The van der Waals surface area contributed by atoms with Crippen LogP contribution >= 0.6 is 22.7 Å². The average molecular weight is 458 g/mol. The number of carbonyl (C=O) groups is 2. The van der Waals surface area contributed by atoms with Gasteiger partial charge in [0.1, 0.15) is 10.6 Å². The van der Waals surface area contributed by atoms with E-state index < -0.39 is 6.04 Å². The van der Waals surface area contributed by atoms with Crippen LogP contribution in [0.2, 0.25) is 0 Å². The number of carbonyl (C=O) groups excluding carboxylic acids is 2. The number of thiophene rings is 2. The Labute approximate surface area is 186 Å². The molecule has 3 aromatic heterocycles. The first-order chi connectivity index (χ1) is 14.9. The number of aryl methyl sites for hydroxylation is 1. The van der Waals surface area contributed by atoms with Gasteiger partial charge in [0, 0.05) is 10.3 Å². The van der Waals surface area contributed by atoms with Crippen LogP contribution in [0.5, 0.6) is 0 Å². The Hall–Kier alpha value is -3.04. The maximum atomic E-state index is 13.2. The molecule has 4 rings (SSSR count). The monoisotopic (exact) mass is 457 g/mol. The van der Waals surface area contributed by atoms with Crippen molar-refractivity contribution >= 4 is 44.8 Å². The number of hydrogen-bond acceptors (Lipinski definition) is 6. The lowest BCUT2D eigenvalue weighted by Crippen LogP contribution is -2.29. The predicted molar refractivity (Wildman–Crippen MR) is 119 cm³/mol. The van der Waals surface area contributed by atoms with Crippen LogP contribution < -0.4 is 5.32 Å². The van der Waals surface area contributed by atoms with E-state index in [0.29, 0.717) is 11.4 Å². The second-order valence-electron chi connectivity index (χ2n) is 7.02. The second-order valence-corrected chi connectivity index (χ2v) is 9.03. The molecule has 0 aliphatic rings. The molecule has 3 heterocycles. The molecule has 160 valence electrons. The summed E-state index contributed by atoms with van der Waals surface area (Å²) in [5.41, 5.74) is 1.73. The maximum Gasteiger partial charge on any atom is 0.307 e. The van der Waals surface area contributed by atoms with Crippen LogP contribution in [0.4, 0.5) is 4.39 Å². The molecule has 0 bridgehead atoms. The van der Waals surface area contributed by atoms with E-state index in [0.717, 1.165) is 26.4 Å². The fraction of sp³-hybridized carbons (Fsp3) is 0.227. The lowest BCUT2D eigenvalue weighted by Gasteiger charge is -2.15. The summed E-state index contributed by atoms with van der Waals surface area (Å²) in [7, 11) is 1.33. The van der Waals surface area contributed by atoms with Crippen LogP contribution in [0, 0.1) is 12.7 Å². The van der Waals surface area contributed by atoms with E-state index >= 15 is 0 Å². The van der Waals surface area contributed by atoms with Gasteiger partial charge in [-0.25, -0.2) is 4.39 Å². The molecule has 31 heavy (non-hydrogen) atoms. The maximum absolute atomic E-state index is 13.2. The SMILES string of the molecule is COC(=O)CC(NC(=O)c1cc2c(C)nn(Cc3ccc(F)cc3)c2s1)c1cccs1.